The summed E-state index contributed by atoms with van der Waals surface area (Å²) in [5.74, 6) is -0.404. The summed E-state index contributed by atoms with van der Waals surface area (Å²) in [6.45, 7) is 6.25. The molecular weight excluding hydrogens is 592 g/mol. The summed E-state index contributed by atoms with van der Waals surface area (Å²) >= 11 is 0. The molecule has 1 saturated carbocycles. The Balaban J connectivity index is 1.24. The van der Waals surface area contributed by atoms with Gasteiger partial charge in [0.15, 0.2) is 5.82 Å². The van der Waals surface area contributed by atoms with Crippen LogP contribution in [-0.4, -0.2) is 51.5 Å². The normalized spacial score (nSPS) is 13.9. The second-order valence-corrected chi connectivity index (χ2v) is 13.0. The Bertz CT molecular complexity index is 1660. The number of nitrogens with one attached hydrogen (secondary N) is 2. The molecule has 244 valence electrons. The molecule has 0 saturated heterocycles. The molecule has 1 aromatic heterocycles. The number of carbonyl (C=O) groups is 3. The van der Waals surface area contributed by atoms with E-state index < -0.39 is 17.9 Å². The summed E-state index contributed by atoms with van der Waals surface area (Å²) in [5, 5.41) is 14.5. The van der Waals surface area contributed by atoms with Gasteiger partial charge in [0, 0.05) is 42.0 Å². The van der Waals surface area contributed by atoms with Crippen LogP contribution in [0.2, 0.25) is 0 Å². The van der Waals surface area contributed by atoms with Gasteiger partial charge in [0.05, 0.1) is 12.5 Å². The van der Waals surface area contributed by atoms with E-state index in [2.05, 4.69) is 41.4 Å². The quantitative estimate of drug-likeness (QED) is 0.165. The standard InChI is InChI=1S/C38H42N4O5/c1-38(2,3)30-16-12-28(13-17-30)36(45)42-33(37(46)39-21-20-34(43)44)22-25-8-10-27(11-9-25)35-40-23-29(24-41-35)26-14-18-32(19-15-26)47-31-6-4-5-7-31/h8-19,23-24,31,33H,4-7,20-22H2,1-3H3,(H,39,46)(H,42,45)(H,43,44). The zero-order valence-electron chi connectivity index (χ0n) is 27.2. The lowest BCUT2D eigenvalue weighted by Gasteiger charge is -2.20. The monoisotopic (exact) mass is 634 g/mol. The molecule has 0 spiro atoms. The minimum absolute atomic E-state index is 0.0362. The number of carboxylic acids is 1. The zero-order chi connectivity index (χ0) is 33.4. The van der Waals surface area contributed by atoms with Gasteiger partial charge in [0.1, 0.15) is 11.8 Å². The number of ether oxygens (including phenoxy) is 1. The first-order valence-electron chi connectivity index (χ1n) is 16.1. The molecule has 1 aliphatic rings. The average Bonchev–Trinajstić information content (AvgIpc) is 3.58. The molecule has 0 radical (unpaired) electrons. The number of carbonyl (C=O) groups excluding carboxylic acids is 2. The van der Waals surface area contributed by atoms with Gasteiger partial charge in [-0.15, -0.1) is 0 Å². The highest BCUT2D eigenvalue weighted by Crippen LogP contribution is 2.27. The van der Waals surface area contributed by atoms with Crippen LogP contribution in [0.25, 0.3) is 22.5 Å². The van der Waals surface area contributed by atoms with Crippen LogP contribution in [0.15, 0.2) is 85.2 Å². The minimum Gasteiger partial charge on any atom is -0.490 e. The van der Waals surface area contributed by atoms with Crippen LogP contribution in [0.4, 0.5) is 0 Å². The van der Waals surface area contributed by atoms with Crippen molar-refractivity contribution in [3.63, 3.8) is 0 Å². The van der Waals surface area contributed by atoms with E-state index in [-0.39, 0.29) is 30.7 Å². The van der Waals surface area contributed by atoms with E-state index >= 15 is 0 Å². The van der Waals surface area contributed by atoms with Crippen LogP contribution in [-0.2, 0) is 21.4 Å². The molecule has 4 aromatic rings. The SMILES string of the molecule is CC(C)(C)c1ccc(C(=O)NC(Cc2ccc(-c3ncc(-c4ccc(OC5CCCC5)cc4)cn3)cc2)C(=O)NCCC(=O)O)cc1. The van der Waals surface area contributed by atoms with Gasteiger partial charge in [-0.25, -0.2) is 9.97 Å². The van der Waals surface area contributed by atoms with Crippen LogP contribution in [0.3, 0.4) is 0 Å². The smallest absolute Gasteiger partial charge is 0.305 e. The number of aromatic nitrogens is 2. The molecule has 1 unspecified atom stereocenters. The Morgan fingerprint density at radius 2 is 1.47 bits per heavy atom. The van der Waals surface area contributed by atoms with Gasteiger partial charge in [-0.2, -0.15) is 0 Å². The van der Waals surface area contributed by atoms with E-state index in [4.69, 9.17) is 9.84 Å². The number of aliphatic carboxylic acids is 1. The number of benzene rings is 3. The van der Waals surface area contributed by atoms with Gasteiger partial charge in [-0.05, 0) is 72.1 Å². The number of nitrogens with zero attached hydrogens (tertiary/aromatic N) is 2. The highest BCUT2D eigenvalue weighted by molar-refractivity contribution is 5.97. The van der Waals surface area contributed by atoms with Crippen molar-refractivity contribution in [3.8, 4) is 28.3 Å². The van der Waals surface area contributed by atoms with E-state index in [1.54, 1.807) is 24.5 Å². The molecule has 2 amide bonds. The first-order valence-corrected chi connectivity index (χ1v) is 16.1. The van der Waals surface area contributed by atoms with E-state index in [1.807, 2.05) is 60.7 Å². The van der Waals surface area contributed by atoms with Crippen LogP contribution in [0, 0.1) is 0 Å². The Morgan fingerprint density at radius 1 is 0.851 bits per heavy atom. The van der Waals surface area contributed by atoms with E-state index in [9.17, 15) is 14.4 Å². The van der Waals surface area contributed by atoms with E-state index in [0.717, 1.165) is 46.4 Å². The molecule has 3 aromatic carbocycles. The first-order chi connectivity index (χ1) is 22.5. The fourth-order valence-corrected chi connectivity index (χ4v) is 5.56. The first kappa shape index (κ1) is 33.3. The van der Waals surface area contributed by atoms with Crippen LogP contribution >= 0.6 is 0 Å². The fraction of sp³-hybridized carbons (Fsp3) is 0.342. The lowest BCUT2D eigenvalue weighted by Crippen LogP contribution is -2.48. The molecule has 1 aliphatic carbocycles. The van der Waals surface area contributed by atoms with Gasteiger partial charge < -0.3 is 20.5 Å². The molecule has 47 heavy (non-hydrogen) atoms. The van der Waals surface area contributed by atoms with Crippen molar-refractivity contribution in [3.05, 3.63) is 102 Å². The summed E-state index contributed by atoms with van der Waals surface area (Å²) in [7, 11) is 0. The lowest BCUT2D eigenvalue weighted by atomic mass is 9.86. The Hall–Kier alpha value is -5.05. The number of rotatable bonds is 12. The second kappa shape index (κ2) is 15.0. The van der Waals surface area contributed by atoms with Crippen molar-refractivity contribution in [2.45, 2.75) is 76.9 Å². The van der Waals surface area contributed by atoms with Crippen molar-refractivity contribution in [1.29, 1.82) is 0 Å². The predicted octanol–water partition coefficient (Wildman–Crippen LogP) is 6.36. The summed E-state index contributed by atoms with van der Waals surface area (Å²) in [5.41, 5.74) is 5.00. The van der Waals surface area contributed by atoms with Gasteiger partial charge in [-0.3, -0.25) is 14.4 Å². The number of hydrogen-bond donors (Lipinski definition) is 3. The fourth-order valence-electron chi connectivity index (χ4n) is 5.56. The molecule has 1 atom stereocenters. The van der Waals surface area contributed by atoms with Crippen LogP contribution < -0.4 is 15.4 Å². The van der Waals surface area contributed by atoms with Crippen molar-refractivity contribution < 1.29 is 24.2 Å². The largest absolute Gasteiger partial charge is 0.490 e. The van der Waals surface area contributed by atoms with E-state index in [1.165, 1.54) is 12.8 Å². The predicted molar refractivity (Wildman–Crippen MR) is 181 cm³/mol. The topological polar surface area (TPSA) is 131 Å². The zero-order valence-corrected chi connectivity index (χ0v) is 27.2. The molecule has 1 heterocycles. The van der Waals surface area contributed by atoms with Gasteiger partial charge >= 0.3 is 5.97 Å². The number of hydrogen-bond acceptors (Lipinski definition) is 6. The maximum atomic E-state index is 13.1. The summed E-state index contributed by atoms with van der Waals surface area (Å²) < 4.78 is 6.07. The molecule has 9 nitrogen and oxygen atoms in total. The van der Waals surface area contributed by atoms with Crippen LogP contribution in [0.1, 0.15) is 74.4 Å². The van der Waals surface area contributed by atoms with Crippen molar-refractivity contribution in [2.75, 3.05) is 6.54 Å². The highest BCUT2D eigenvalue weighted by atomic mass is 16.5. The summed E-state index contributed by atoms with van der Waals surface area (Å²) in [6, 6.07) is 21.9. The molecular formula is C38H42N4O5. The number of carboxylic acid groups (broad SMARTS) is 1. The minimum atomic E-state index is -1.02. The maximum absolute atomic E-state index is 13.1. The third kappa shape index (κ3) is 9.25. The second-order valence-electron chi connectivity index (χ2n) is 13.0. The molecule has 1 fully saturated rings. The average molecular weight is 635 g/mol. The molecule has 9 heteroatoms. The molecule has 5 rings (SSSR count). The van der Waals surface area contributed by atoms with Crippen molar-refractivity contribution in [1.82, 2.24) is 20.6 Å². The summed E-state index contributed by atoms with van der Waals surface area (Å²) in [6.07, 6.45) is 8.60. The third-order valence-electron chi connectivity index (χ3n) is 8.37. The Morgan fingerprint density at radius 3 is 2.06 bits per heavy atom. The highest BCUT2D eigenvalue weighted by Gasteiger charge is 2.23. The van der Waals surface area contributed by atoms with Gasteiger partial charge in [-0.1, -0.05) is 69.3 Å². The Labute approximate surface area is 275 Å². The number of amides is 2. The summed E-state index contributed by atoms with van der Waals surface area (Å²) in [4.78, 5) is 46.3. The van der Waals surface area contributed by atoms with Crippen molar-refractivity contribution >= 4 is 17.8 Å². The Kier molecular flexibility index (Phi) is 10.7. The maximum Gasteiger partial charge on any atom is 0.305 e. The van der Waals surface area contributed by atoms with Crippen LogP contribution in [0.5, 0.6) is 5.75 Å². The van der Waals surface area contributed by atoms with Gasteiger partial charge in [0.2, 0.25) is 5.91 Å². The van der Waals surface area contributed by atoms with E-state index in [0.29, 0.717) is 17.5 Å². The molecule has 0 bridgehead atoms. The molecule has 3 N–H and O–H groups in total. The van der Waals surface area contributed by atoms with Crippen molar-refractivity contribution in [2.24, 2.45) is 0 Å². The molecule has 0 aliphatic heterocycles. The third-order valence-corrected chi connectivity index (χ3v) is 8.37. The van der Waals surface area contributed by atoms with Gasteiger partial charge in [0.25, 0.3) is 5.91 Å². The lowest BCUT2D eigenvalue weighted by molar-refractivity contribution is -0.137.